The smallest absolute Gasteiger partial charge is 0.327 e. The van der Waals surface area contributed by atoms with E-state index in [1.54, 1.807) is 19.2 Å². The summed E-state index contributed by atoms with van der Waals surface area (Å²) in [5.74, 6) is -0.619. The highest BCUT2D eigenvalue weighted by Crippen LogP contribution is 2.37. The van der Waals surface area contributed by atoms with E-state index in [-0.39, 0.29) is 56.5 Å². The Hall–Kier alpha value is -3.18. The van der Waals surface area contributed by atoms with Crippen molar-refractivity contribution in [2.24, 2.45) is 12.5 Å². The van der Waals surface area contributed by atoms with E-state index in [0.717, 1.165) is 12.5 Å². The highest BCUT2D eigenvalue weighted by Gasteiger charge is 2.30. The lowest BCUT2D eigenvalue weighted by Gasteiger charge is -2.33. The third-order valence-electron chi connectivity index (χ3n) is 6.40. The van der Waals surface area contributed by atoms with E-state index < -0.39 is 19.6 Å². The second-order valence-electron chi connectivity index (χ2n) is 13.5. The van der Waals surface area contributed by atoms with Gasteiger partial charge in [-0.15, -0.1) is 0 Å². The summed E-state index contributed by atoms with van der Waals surface area (Å²) in [4.78, 5) is 43.5. The summed E-state index contributed by atoms with van der Waals surface area (Å²) in [5, 5.41) is 8.11. The summed E-state index contributed by atoms with van der Waals surface area (Å²) in [6, 6.07) is 4.14. The second-order valence-corrected chi connectivity index (χ2v) is 19.5. The number of methoxy groups -OCH3 is 1. The van der Waals surface area contributed by atoms with Crippen LogP contribution in [0, 0.1) is 5.41 Å². The number of nitrogens with zero attached hydrogens (tertiary/aromatic N) is 4. The molecule has 224 valence electrons. The molecular formula is C29H42ClN5O5Si. The Balaban J connectivity index is 2.20. The van der Waals surface area contributed by atoms with Gasteiger partial charge in [0.1, 0.15) is 17.6 Å². The molecule has 1 aromatic carbocycles. The van der Waals surface area contributed by atoms with Gasteiger partial charge in [-0.05, 0) is 43.9 Å². The van der Waals surface area contributed by atoms with Crippen molar-refractivity contribution >= 4 is 42.6 Å². The fourth-order valence-corrected chi connectivity index (χ4v) is 5.89. The van der Waals surface area contributed by atoms with E-state index >= 15 is 0 Å². The number of nitrogens with one attached hydrogen (secondary N) is 1. The van der Waals surface area contributed by atoms with Crippen molar-refractivity contribution in [3.63, 3.8) is 0 Å². The fourth-order valence-electron chi connectivity index (χ4n) is 4.90. The number of aryl methyl sites for hydroxylation is 1. The van der Waals surface area contributed by atoms with E-state index in [2.05, 4.69) is 55.8 Å². The molecule has 3 aromatic rings. The van der Waals surface area contributed by atoms with Crippen LogP contribution in [0.5, 0.6) is 5.75 Å². The SMILES string of the molecule is COC(=O)Cn1nc(-c2cc(Cl)c(OCC[Si](C)(C)C)c(C(=O)NC(C)(C)CC(C)(C)C)c2)c2c(=O)n(C)cnc21. The number of carbonyl (C=O) groups is 2. The first-order valence-electron chi connectivity index (χ1n) is 13.6. The maximum absolute atomic E-state index is 13.8. The molecule has 0 aliphatic carbocycles. The molecular weight excluding hydrogens is 562 g/mol. The predicted octanol–water partition coefficient (Wildman–Crippen LogP) is 5.29. The lowest BCUT2D eigenvalue weighted by atomic mass is 9.81. The third-order valence-corrected chi connectivity index (χ3v) is 8.39. The third kappa shape index (κ3) is 8.19. The van der Waals surface area contributed by atoms with Crippen molar-refractivity contribution in [2.75, 3.05) is 13.7 Å². The number of fused-ring (bicyclic) bond motifs is 1. The number of esters is 1. The Labute approximate surface area is 247 Å². The number of aromatic nitrogens is 4. The van der Waals surface area contributed by atoms with Gasteiger partial charge in [0.25, 0.3) is 11.5 Å². The largest absolute Gasteiger partial charge is 0.491 e. The van der Waals surface area contributed by atoms with Crippen LogP contribution in [0.25, 0.3) is 22.3 Å². The van der Waals surface area contributed by atoms with E-state index in [1.165, 1.54) is 22.7 Å². The van der Waals surface area contributed by atoms with Gasteiger partial charge in [0.05, 0.1) is 30.6 Å². The van der Waals surface area contributed by atoms with Gasteiger partial charge in [-0.2, -0.15) is 5.10 Å². The Morgan fingerprint density at radius 2 is 1.78 bits per heavy atom. The lowest BCUT2D eigenvalue weighted by molar-refractivity contribution is -0.141. The average Bonchev–Trinajstić information content (AvgIpc) is 3.18. The minimum Gasteiger partial charge on any atom is -0.491 e. The van der Waals surface area contributed by atoms with Crippen molar-refractivity contribution in [2.45, 2.75) is 78.8 Å². The molecule has 0 saturated heterocycles. The standard InChI is InChI=1S/C29H42ClN5O5Si/c1-28(2,3)16-29(4,5)32-26(37)19-13-18(14-20(30)24(19)40-11-12-41(8,9)10)23-22-25(31-17-34(6)27(22)38)35(33-23)15-21(36)39-7/h13-14,17H,11-12,15-16H2,1-10H3,(H,32,37). The molecule has 1 amide bonds. The van der Waals surface area contributed by atoms with Crippen LogP contribution in [-0.4, -0.2) is 58.5 Å². The first kappa shape index (κ1) is 32.3. The number of carbonyl (C=O) groups excluding carboxylic acids is 2. The average molecular weight is 604 g/mol. The zero-order valence-electron chi connectivity index (χ0n) is 25.8. The van der Waals surface area contributed by atoms with Crippen molar-refractivity contribution in [3.05, 3.63) is 39.4 Å². The number of benzene rings is 1. The molecule has 0 saturated carbocycles. The molecule has 0 aliphatic heterocycles. The van der Waals surface area contributed by atoms with Crippen LogP contribution in [-0.2, 0) is 23.1 Å². The Morgan fingerprint density at radius 3 is 2.37 bits per heavy atom. The molecule has 1 N–H and O–H groups in total. The molecule has 0 aliphatic rings. The van der Waals surface area contributed by atoms with Gasteiger partial charge in [0.2, 0.25) is 0 Å². The fraction of sp³-hybridized carbons (Fsp3) is 0.552. The topological polar surface area (TPSA) is 117 Å². The van der Waals surface area contributed by atoms with Crippen LogP contribution in [0.3, 0.4) is 0 Å². The highest BCUT2D eigenvalue weighted by atomic mass is 35.5. The molecule has 0 unspecified atom stereocenters. The summed E-state index contributed by atoms with van der Waals surface area (Å²) in [7, 11) is 1.43. The number of amides is 1. The summed E-state index contributed by atoms with van der Waals surface area (Å²) in [6.45, 7) is 17.2. The van der Waals surface area contributed by atoms with Gasteiger partial charge in [-0.25, -0.2) is 9.67 Å². The van der Waals surface area contributed by atoms with E-state index in [1.807, 2.05) is 13.8 Å². The number of hydrogen-bond acceptors (Lipinski definition) is 7. The molecule has 2 aromatic heterocycles. The summed E-state index contributed by atoms with van der Waals surface area (Å²) in [6.07, 6.45) is 2.10. The van der Waals surface area contributed by atoms with Crippen molar-refractivity contribution in [1.29, 1.82) is 0 Å². The maximum atomic E-state index is 13.8. The Morgan fingerprint density at radius 1 is 1.12 bits per heavy atom. The van der Waals surface area contributed by atoms with E-state index in [9.17, 15) is 14.4 Å². The van der Waals surface area contributed by atoms with Gasteiger partial charge < -0.3 is 19.4 Å². The zero-order chi connectivity index (χ0) is 30.9. The Bertz CT molecular complexity index is 1510. The van der Waals surface area contributed by atoms with Crippen LogP contribution >= 0.6 is 11.6 Å². The molecule has 0 radical (unpaired) electrons. The number of hydrogen-bond donors (Lipinski definition) is 1. The molecule has 3 rings (SSSR count). The minimum absolute atomic E-state index is 0.0224. The summed E-state index contributed by atoms with van der Waals surface area (Å²) < 4.78 is 13.6. The molecule has 10 nitrogen and oxygen atoms in total. The highest BCUT2D eigenvalue weighted by molar-refractivity contribution is 6.76. The molecule has 41 heavy (non-hydrogen) atoms. The first-order chi connectivity index (χ1) is 18.8. The predicted molar refractivity (Wildman–Crippen MR) is 164 cm³/mol. The van der Waals surface area contributed by atoms with Crippen LogP contribution < -0.4 is 15.6 Å². The van der Waals surface area contributed by atoms with Gasteiger partial charge in [-0.3, -0.25) is 14.4 Å². The second kappa shape index (κ2) is 12.0. The van der Waals surface area contributed by atoms with Gasteiger partial charge >= 0.3 is 5.97 Å². The van der Waals surface area contributed by atoms with Crippen molar-refractivity contribution < 1.29 is 19.1 Å². The molecule has 0 bridgehead atoms. The van der Waals surface area contributed by atoms with Gasteiger partial charge in [0, 0.05) is 26.2 Å². The van der Waals surface area contributed by atoms with Crippen LogP contribution in [0.4, 0.5) is 0 Å². The van der Waals surface area contributed by atoms with Crippen LogP contribution in [0.2, 0.25) is 30.7 Å². The quantitative estimate of drug-likeness (QED) is 0.247. The summed E-state index contributed by atoms with van der Waals surface area (Å²) >= 11 is 6.79. The maximum Gasteiger partial charge on any atom is 0.327 e. The molecule has 0 atom stereocenters. The van der Waals surface area contributed by atoms with Gasteiger partial charge in [0.15, 0.2) is 11.4 Å². The number of halogens is 1. The van der Waals surface area contributed by atoms with E-state index in [4.69, 9.17) is 21.1 Å². The minimum atomic E-state index is -1.42. The number of ether oxygens (including phenoxy) is 2. The van der Waals surface area contributed by atoms with Crippen LogP contribution in [0.15, 0.2) is 23.3 Å². The number of rotatable bonds is 10. The first-order valence-corrected chi connectivity index (χ1v) is 17.7. The summed E-state index contributed by atoms with van der Waals surface area (Å²) in [5.41, 5.74) is 0.220. The van der Waals surface area contributed by atoms with Crippen LogP contribution in [0.1, 0.15) is 51.4 Å². The molecule has 12 heteroatoms. The molecule has 0 spiro atoms. The van der Waals surface area contributed by atoms with Crippen molar-refractivity contribution in [3.8, 4) is 17.0 Å². The monoisotopic (exact) mass is 603 g/mol. The van der Waals surface area contributed by atoms with E-state index in [0.29, 0.717) is 12.2 Å². The van der Waals surface area contributed by atoms with Crippen molar-refractivity contribution in [1.82, 2.24) is 24.6 Å². The lowest BCUT2D eigenvalue weighted by Crippen LogP contribution is -2.46. The molecule has 0 fully saturated rings. The normalized spacial score (nSPS) is 12.5. The Kier molecular flexibility index (Phi) is 9.44. The van der Waals surface area contributed by atoms with Gasteiger partial charge in [-0.1, -0.05) is 52.0 Å². The molecule has 2 heterocycles. The zero-order valence-corrected chi connectivity index (χ0v) is 27.5.